The molecule has 8 nitrogen and oxygen atoms in total. The third kappa shape index (κ3) is 5.92. The van der Waals surface area contributed by atoms with Gasteiger partial charge in [0, 0.05) is 5.92 Å². The first-order valence-electron chi connectivity index (χ1n) is 9.50. The fourth-order valence-electron chi connectivity index (χ4n) is 3.06. The van der Waals surface area contributed by atoms with E-state index in [1.54, 1.807) is 13.8 Å². The van der Waals surface area contributed by atoms with Gasteiger partial charge in [-0.15, -0.1) is 0 Å². The summed E-state index contributed by atoms with van der Waals surface area (Å²) in [6, 6.07) is 7.45. The van der Waals surface area contributed by atoms with Gasteiger partial charge in [-0.2, -0.15) is 5.26 Å². The van der Waals surface area contributed by atoms with Crippen molar-refractivity contribution >= 4 is 35.4 Å². The number of nitrogens with zero attached hydrogens (tertiary/aromatic N) is 1. The second-order valence-electron chi connectivity index (χ2n) is 6.38. The molecule has 0 aromatic heterocycles. The number of hydrogen-bond donors (Lipinski definition) is 1. The van der Waals surface area contributed by atoms with Crippen molar-refractivity contribution in [3.8, 4) is 6.07 Å². The average molecular weight is 448 g/mol. The van der Waals surface area contributed by atoms with Crippen LogP contribution in [0.3, 0.4) is 0 Å². The zero-order valence-corrected chi connectivity index (χ0v) is 17.8. The Labute approximate surface area is 182 Å². The van der Waals surface area contributed by atoms with E-state index >= 15 is 0 Å². The summed E-state index contributed by atoms with van der Waals surface area (Å²) >= 11 is 0.827. The number of halogens is 1. The molecule has 2 atom stereocenters. The van der Waals surface area contributed by atoms with Gasteiger partial charge in [0.1, 0.15) is 18.2 Å². The van der Waals surface area contributed by atoms with Crippen LogP contribution in [0.5, 0.6) is 0 Å². The van der Waals surface area contributed by atoms with E-state index < -0.39 is 47.7 Å². The van der Waals surface area contributed by atoms with Gasteiger partial charge in [0.05, 0.1) is 35.6 Å². The summed E-state index contributed by atoms with van der Waals surface area (Å²) in [5.74, 6) is -6.42. The van der Waals surface area contributed by atoms with Crippen molar-refractivity contribution in [1.29, 1.82) is 5.26 Å². The molecule has 1 amide bonds. The van der Waals surface area contributed by atoms with Gasteiger partial charge in [-0.1, -0.05) is 30.0 Å². The van der Waals surface area contributed by atoms with Crippen molar-refractivity contribution < 1.29 is 33.0 Å². The summed E-state index contributed by atoms with van der Waals surface area (Å²) in [5, 5.41) is 12.3. The summed E-state index contributed by atoms with van der Waals surface area (Å²) in [7, 11) is 0. The number of nitriles is 1. The summed E-state index contributed by atoms with van der Waals surface area (Å²) in [4.78, 5) is 48.7. The highest BCUT2D eigenvalue weighted by atomic mass is 32.2. The van der Waals surface area contributed by atoms with Crippen molar-refractivity contribution in [3.05, 3.63) is 46.2 Å². The maximum atomic E-state index is 14.6. The number of hydrogen-bond acceptors (Lipinski definition) is 8. The van der Waals surface area contributed by atoms with Crippen LogP contribution in [0.15, 0.2) is 34.9 Å². The average Bonchev–Trinajstić information content (AvgIpc) is 2.72. The van der Waals surface area contributed by atoms with Crippen molar-refractivity contribution in [1.82, 2.24) is 5.32 Å². The topological polar surface area (TPSA) is 123 Å². The monoisotopic (exact) mass is 448 g/mol. The number of rotatable bonds is 9. The molecule has 2 rings (SSSR count). The molecule has 1 aromatic carbocycles. The van der Waals surface area contributed by atoms with E-state index in [-0.39, 0.29) is 35.1 Å². The highest BCUT2D eigenvalue weighted by Gasteiger charge is 2.45. The number of benzene rings is 1. The van der Waals surface area contributed by atoms with Gasteiger partial charge in [-0.25, -0.2) is 4.39 Å². The number of thioether (sulfide) groups is 1. The Bertz CT molecular complexity index is 955. The molecule has 0 aliphatic carbocycles. The second kappa shape index (κ2) is 11.3. The molecule has 0 fully saturated rings. The molecule has 1 heterocycles. The first-order valence-corrected chi connectivity index (χ1v) is 10.5. The fourth-order valence-corrected chi connectivity index (χ4v) is 3.97. The highest BCUT2D eigenvalue weighted by molar-refractivity contribution is 8.03. The first-order chi connectivity index (χ1) is 14.8. The molecule has 1 N–H and O–H groups in total. The number of carbonyl (C=O) groups excluding carboxylic acids is 4. The molecule has 1 aliphatic heterocycles. The predicted octanol–water partition coefficient (Wildman–Crippen LogP) is 2.21. The number of nitrogens with one attached hydrogen (secondary N) is 1. The summed E-state index contributed by atoms with van der Waals surface area (Å²) < 4.78 is 24.3. The standard InChI is InChI=1S/C21H21FN2O6S/c1-3-29-16(26)9-12(25)11-31-20-14(10-23)17(13-7-5-6-8-15(13)22)18(19(27)24-20)21(28)30-4-2/h5-8,17-18H,3-4,9,11H2,1-2H3,(H,24,27)/t17-,18-/m1/s1. The van der Waals surface area contributed by atoms with Gasteiger partial charge in [0.2, 0.25) is 5.91 Å². The van der Waals surface area contributed by atoms with Crippen LogP contribution in [0.1, 0.15) is 31.7 Å². The lowest BCUT2D eigenvalue weighted by atomic mass is 9.78. The molecule has 0 saturated heterocycles. The molecule has 0 saturated carbocycles. The predicted molar refractivity (Wildman–Crippen MR) is 109 cm³/mol. The van der Waals surface area contributed by atoms with Crippen molar-refractivity contribution in [2.75, 3.05) is 19.0 Å². The Morgan fingerprint density at radius 3 is 2.48 bits per heavy atom. The molecule has 10 heteroatoms. The van der Waals surface area contributed by atoms with Crippen LogP contribution in [0.4, 0.5) is 4.39 Å². The number of carbonyl (C=O) groups is 4. The van der Waals surface area contributed by atoms with E-state index in [0.29, 0.717) is 0 Å². The number of ketones is 1. The van der Waals surface area contributed by atoms with Crippen LogP contribution < -0.4 is 5.32 Å². The van der Waals surface area contributed by atoms with Gasteiger partial charge in [0.25, 0.3) is 0 Å². The molecule has 1 aromatic rings. The lowest BCUT2D eigenvalue weighted by molar-refractivity contribution is -0.153. The second-order valence-corrected chi connectivity index (χ2v) is 7.37. The van der Waals surface area contributed by atoms with Crippen LogP contribution in [0, 0.1) is 23.1 Å². The molecule has 0 radical (unpaired) electrons. The van der Waals surface area contributed by atoms with Gasteiger partial charge in [-0.3, -0.25) is 19.2 Å². The van der Waals surface area contributed by atoms with Crippen LogP contribution in [0.25, 0.3) is 0 Å². The zero-order chi connectivity index (χ0) is 23.0. The normalized spacial score (nSPS) is 18.1. The van der Waals surface area contributed by atoms with Crippen molar-refractivity contribution in [2.45, 2.75) is 26.2 Å². The number of amides is 1. The van der Waals surface area contributed by atoms with Crippen LogP contribution in [-0.4, -0.2) is 42.6 Å². The lowest BCUT2D eigenvalue weighted by Crippen LogP contribution is -2.44. The summed E-state index contributed by atoms with van der Waals surface area (Å²) in [6.45, 7) is 3.32. The van der Waals surface area contributed by atoms with Gasteiger partial charge >= 0.3 is 11.9 Å². The van der Waals surface area contributed by atoms with Crippen LogP contribution in [-0.2, 0) is 28.7 Å². The van der Waals surface area contributed by atoms with Crippen LogP contribution in [0.2, 0.25) is 0 Å². The Morgan fingerprint density at radius 1 is 1.19 bits per heavy atom. The fraction of sp³-hybridized carbons (Fsp3) is 0.381. The third-order valence-electron chi connectivity index (χ3n) is 4.33. The number of esters is 2. The Kier molecular flexibility index (Phi) is 8.75. The molecule has 1 aliphatic rings. The maximum Gasteiger partial charge on any atom is 0.319 e. The van der Waals surface area contributed by atoms with E-state index in [4.69, 9.17) is 9.47 Å². The van der Waals surface area contributed by atoms with E-state index in [2.05, 4.69) is 5.32 Å². The lowest BCUT2D eigenvalue weighted by Gasteiger charge is -2.31. The molecular formula is C21H21FN2O6S. The summed E-state index contributed by atoms with van der Waals surface area (Å²) in [6.07, 6.45) is -0.452. The summed E-state index contributed by atoms with van der Waals surface area (Å²) in [5.41, 5.74) is -0.0837. The van der Waals surface area contributed by atoms with E-state index in [1.165, 1.54) is 18.2 Å². The highest BCUT2D eigenvalue weighted by Crippen LogP contribution is 2.41. The van der Waals surface area contributed by atoms with E-state index in [9.17, 15) is 28.8 Å². The SMILES string of the molecule is CCOC(=O)CC(=O)CSC1=C(C#N)[C@@H](c2ccccc2F)[C@@H](C(=O)OCC)C(=O)N1. The molecule has 0 spiro atoms. The van der Waals surface area contributed by atoms with Crippen molar-refractivity contribution in [2.24, 2.45) is 5.92 Å². The first kappa shape index (κ1) is 24.1. The Balaban J connectivity index is 2.40. The smallest absolute Gasteiger partial charge is 0.319 e. The Hall–Kier alpha value is -3.19. The number of allylic oxidation sites excluding steroid dienone is 1. The molecule has 164 valence electrons. The minimum Gasteiger partial charge on any atom is -0.466 e. The van der Waals surface area contributed by atoms with Crippen LogP contribution >= 0.6 is 11.8 Å². The largest absolute Gasteiger partial charge is 0.466 e. The van der Waals surface area contributed by atoms with Crippen molar-refractivity contribution in [3.63, 3.8) is 0 Å². The molecule has 0 unspecified atom stereocenters. The number of Topliss-reactive ketones (excluding diaryl/α,β-unsaturated/α-hetero) is 1. The zero-order valence-electron chi connectivity index (χ0n) is 17.0. The van der Waals surface area contributed by atoms with E-state index in [0.717, 1.165) is 17.8 Å². The minimum absolute atomic E-state index is 0.00216. The molecule has 31 heavy (non-hydrogen) atoms. The third-order valence-corrected chi connectivity index (χ3v) is 5.41. The number of ether oxygens (including phenoxy) is 2. The molecule has 0 bridgehead atoms. The van der Waals surface area contributed by atoms with Gasteiger partial charge in [0.15, 0.2) is 5.78 Å². The minimum atomic E-state index is -1.47. The van der Waals surface area contributed by atoms with Gasteiger partial charge in [-0.05, 0) is 25.5 Å². The quantitative estimate of drug-likeness (QED) is 0.451. The van der Waals surface area contributed by atoms with Gasteiger partial charge < -0.3 is 14.8 Å². The Morgan fingerprint density at radius 2 is 1.87 bits per heavy atom. The molecular weight excluding hydrogens is 427 g/mol. The maximum absolute atomic E-state index is 14.6. The van der Waals surface area contributed by atoms with E-state index in [1.807, 2.05) is 6.07 Å².